The maximum atomic E-state index is 13.3. The molecule has 0 heterocycles. The van der Waals surface area contributed by atoms with Crippen molar-refractivity contribution in [2.75, 3.05) is 13.1 Å². The molecule has 0 aliphatic heterocycles. The minimum absolute atomic E-state index is 0.0212. The van der Waals surface area contributed by atoms with Crippen molar-refractivity contribution in [1.82, 2.24) is 10.6 Å². The van der Waals surface area contributed by atoms with Crippen LogP contribution in [0.25, 0.3) is 0 Å². The van der Waals surface area contributed by atoms with Crippen molar-refractivity contribution in [2.24, 2.45) is 0 Å². The van der Waals surface area contributed by atoms with Gasteiger partial charge in [-0.15, -0.1) is 0 Å². The van der Waals surface area contributed by atoms with Crippen LogP contribution in [0.2, 0.25) is 0 Å². The fourth-order valence-corrected chi connectivity index (χ4v) is 2.73. The summed E-state index contributed by atoms with van der Waals surface area (Å²) in [6, 6.07) is 10.8. The second-order valence-electron chi connectivity index (χ2n) is 6.19. The van der Waals surface area contributed by atoms with E-state index in [0.29, 0.717) is 11.6 Å². The second kappa shape index (κ2) is 9.96. The summed E-state index contributed by atoms with van der Waals surface area (Å²) in [5.74, 6) is -1.56. The van der Waals surface area contributed by atoms with Crippen LogP contribution in [-0.2, 0) is 6.42 Å². The van der Waals surface area contributed by atoms with Gasteiger partial charge in [-0.1, -0.05) is 30.3 Å². The first kappa shape index (κ1) is 20.8. The molecule has 1 amide bonds. The lowest BCUT2D eigenvalue weighted by Crippen LogP contribution is -2.48. The zero-order valence-corrected chi connectivity index (χ0v) is 14.5. The monoisotopic (exact) mass is 380 g/mol. The van der Waals surface area contributed by atoms with Crippen molar-refractivity contribution in [3.8, 4) is 0 Å². The van der Waals surface area contributed by atoms with E-state index in [4.69, 9.17) is 5.11 Å². The Labute approximate surface area is 155 Å². The van der Waals surface area contributed by atoms with E-state index in [1.807, 2.05) is 6.07 Å². The second-order valence-corrected chi connectivity index (χ2v) is 6.19. The van der Waals surface area contributed by atoms with Crippen LogP contribution in [0, 0.1) is 11.6 Å². The molecular weight excluding hydrogens is 358 g/mol. The Morgan fingerprint density at radius 3 is 2.22 bits per heavy atom. The molecule has 0 saturated carbocycles. The number of hydrogen-bond acceptors (Lipinski definition) is 4. The standard InChI is InChI=1S/C19H22F2N2O4/c20-14-6-12(7-15(21)9-14)8-16(23-19(26)27)18(25)11-22-10-17(24)13-4-2-1-3-5-13/h1-7,9,16-18,22-25H,8,10-11H2,(H,26,27)/t16-,17?,18-/m0/s1. The fraction of sp³-hybridized carbons (Fsp3) is 0.316. The van der Waals surface area contributed by atoms with Gasteiger partial charge in [-0.05, 0) is 29.7 Å². The average molecular weight is 380 g/mol. The third-order valence-corrected chi connectivity index (χ3v) is 4.03. The van der Waals surface area contributed by atoms with E-state index in [0.717, 1.165) is 12.1 Å². The molecule has 0 bridgehead atoms. The average Bonchev–Trinajstić information content (AvgIpc) is 2.60. The first-order valence-corrected chi connectivity index (χ1v) is 8.41. The number of amides is 1. The summed E-state index contributed by atoms with van der Waals surface area (Å²) < 4.78 is 26.6. The zero-order valence-electron chi connectivity index (χ0n) is 14.5. The number of carboxylic acid groups (broad SMARTS) is 1. The summed E-state index contributed by atoms with van der Waals surface area (Å²) in [5, 5.41) is 34.3. The Morgan fingerprint density at radius 2 is 1.63 bits per heavy atom. The molecule has 8 heteroatoms. The topological polar surface area (TPSA) is 102 Å². The van der Waals surface area contributed by atoms with Crippen molar-refractivity contribution in [1.29, 1.82) is 0 Å². The first-order chi connectivity index (χ1) is 12.8. The summed E-state index contributed by atoms with van der Waals surface area (Å²) in [7, 11) is 0. The van der Waals surface area contributed by atoms with Crippen molar-refractivity contribution in [2.45, 2.75) is 24.7 Å². The molecule has 0 aliphatic carbocycles. The van der Waals surface area contributed by atoms with Crippen molar-refractivity contribution >= 4 is 6.09 Å². The van der Waals surface area contributed by atoms with Gasteiger partial charge in [0.1, 0.15) is 11.6 Å². The fourth-order valence-electron chi connectivity index (χ4n) is 2.73. The molecule has 6 nitrogen and oxygen atoms in total. The van der Waals surface area contributed by atoms with Gasteiger partial charge in [-0.3, -0.25) is 0 Å². The van der Waals surface area contributed by atoms with E-state index < -0.39 is 36.0 Å². The number of rotatable bonds is 9. The summed E-state index contributed by atoms with van der Waals surface area (Å²) in [6.07, 6.45) is -3.41. The third-order valence-electron chi connectivity index (χ3n) is 4.03. The molecule has 0 fully saturated rings. The van der Waals surface area contributed by atoms with Crippen LogP contribution < -0.4 is 10.6 Å². The van der Waals surface area contributed by atoms with Gasteiger partial charge in [0.2, 0.25) is 0 Å². The largest absolute Gasteiger partial charge is 0.465 e. The van der Waals surface area contributed by atoms with Crippen LogP contribution in [0.1, 0.15) is 17.2 Å². The normalized spacial score (nSPS) is 14.4. The minimum atomic E-state index is -1.36. The van der Waals surface area contributed by atoms with Gasteiger partial charge in [-0.25, -0.2) is 13.6 Å². The zero-order chi connectivity index (χ0) is 19.8. The molecule has 2 aromatic rings. The van der Waals surface area contributed by atoms with Gasteiger partial charge in [0.15, 0.2) is 0 Å². The van der Waals surface area contributed by atoms with Gasteiger partial charge in [-0.2, -0.15) is 0 Å². The summed E-state index contributed by atoms with van der Waals surface area (Å²) in [4.78, 5) is 11.0. The number of benzene rings is 2. The molecule has 5 N–H and O–H groups in total. The molecule has 0 radical (unpaired) electrons. The highest BCUT2D eigenvalue weighted by molar-refractivity contribution is 5.65. The van der Waals surface area contributed by atoms with Gasteiger partial charge < -0.3 is 26.0 Å². The maximum absolute atomic E-state index is 13.3. The lowest BCUT2D eigenvalue weighted by atomic mass is 10.0. The summed E-state index contributed by atoms with van der Waals surface area (Å²) in [5.41, 5.74) is 0.921. The molecular formula is C19H22F2N2O4. The number of carbonyl (C=O) groups is 1. The Morgan fingerprint density at radius 1 is 1.00 bits per heavy atom. The van der Waals surface area contributed by atoms with Crippen LogP contribution >= 0.6 is 0 Å². The molecule has 2 rings (SSSR count). The molecule has 2 aromatic carbocycles. The molecule has 3 atom stereocenters. The Balaban J connectivity index is 1.93. The first-order valence-electron chi connectivity index (χ1n) is 8.41. The van der Waals surface area contributed by atoms with Crippen molar-refractivity contribution in [3.63, 3.8) is 0 Å². The van der Waals surface area contributed by atoms with Crippen LogP contribution in [0.15, 0.2) is 48.5 Å². The lowest BCUT2D eigenvalue weighted by molar-refractivity contribution is 0.110. The number of nitrogens with one attached hydrogen (secondary N) is 2. The van der Waals surface area contributed by atoms with E-state index in [2.05, 4.69) is 10.6 Å². The molecule has 1 unspecified atom stereocenters. The van der Waals surface area contributed by atoms with Crippen LogP contribution in [-0.4, -0.2) is 46.6 Å². The quantitative estimate of drug-likeness (QED) is 0.457. The molecule has 27 heavy (non-hydrogen) atoms. The van der Waals surface area contributed by atoms with E-state index in [1.54, 1.807) is 24.3 Å². The highest BCUT2D eigenvalue weighted by Gasteiger charge is 2.22. The minimum Gasteiger partial charge on any atom is -0.465 e. The van der Waals surface area contributed by atoms with E-state index in [9.17, 15) is 23.8 Å². The van der Waals surface area contributed by atoms with E-state index in [-0.39, 0.29) is 25.1 Å². The van der Waals surface area contributed by atoms with Crippen molar-refractivity contribution < 1.29 is 28.9 Å². The van der Waals surface area contributed by atoms with Gasteiger partial charge in [0.05, 0.1) is 18.2 Å². The van der Waals surface area contributed by atoms with E-state index in [1.165, 1.54) is 0 Å². The Kier molecular flexibility index (Phi) is 7.66. The number of hydrogen-bond donors (Lipinski definition) is 5. The number of halogens is 2. The molecule has 0 spiro atoms. The van der Waals surface area contributed by atoms with Crippen LogP contribution in [0.4, 0.5) is 13.6 Å². The number of aliphatic hydroxyl groups is 2. The molecule has 0 aliphatic rings. The number of aliphatic hydroxyl groups excluding tert-OH is 2. The lowest BCUT2D eigenvalue weighted by Gasteiger charge is -2.24. The third kappa shape index (κ3) is 6.93. The van der Waals surface area contributed by atoms with Gasteiger partial charge in [0, 0.05) is 19.2 Å². The van der Waals surface area contributed by atoms with Crippen molar-refractivity contribution in [3.05, 3.63) is 71.3 Å². The highest BCUT2D eigenvalue weighted by Crippen LogP contribution is 2.13. The van der Waals surface area contributed by atoms with Gasteiger partial charge in [0.25, 0.3) is 0 Å². The SMILES string of the molecule is O=C(O)N[C@@H](Cc1cc(F)cc(F)c1)[C@@H](O)CNCC(O)c1ccccc1. The van der Waals surface area contributed by atoms with E-state index >= 15 is 0 Å². The summed E-state index contributed by atoms with van der Waals surface area (Å²) >= 11 is 0. The predicted molar refractivity (Wildman–Crippen MR) is 95.3 cm³/mol. The Bertz CT molecular complexity index is 725. The van der Waals surface area contributed by atoms with Gasteiger partial charge >= 0.3 is 6.09 Å². The van der Waals surface area contributed by atoms with Crippen LogP contribution in [0.5, 0.6) is 0 Å². The predicted octanol–water partition coefficient (Wildman–Crippen LogP) is 1.83. The maximum Gasteiger partial charge on any atom is 0.404 e. The van der Waals surface area contributed by atoms with Crippen LogP contribution in [0.3, 0.4) is 0 Å². The summed E-state index contributed by atoms with van der Waals surface area (Å²) in [6.45, 7) is 0.127. The smallest absolute Gasteiger partial charge is 0.404 e. The molecule has 0 aromatic heterocycles. The highest BCUT2D eigenvalue weighted by atomic mass is 19.1. The molecule has 146 valence electrons. The Hall–Kier alpha value is -2.55. The molecule has 0 saturated heterocycles.